The molecule has 0 saturated carbocycles. The van der Waals surface area contributed by atoms with Crippen molar-refractivity contribution in [2.24, 2.45) is 0 Å². The SMILES string of the molecule is CCn1ccn(Cc2ccc(F)c(Br)c2)c1=O. The third-order valence-corrected chi connectivity index (χ3v) is 3.20. The highest BCUT2D eigenvalue weighted by Gasteiger charge is 2.04. The molecule has 2 rings (SSSR count). The standard InChI is InChI=1S/C12H12BrFN2O/c1-2-15-5-6-16(12(15)17)8-9-3-4-11(14)10(13)7-9/h3-7H,2,8H2,1H3. The minimum absolute atomic E-state index is 0.0482. The summed E-state index contributed by atoms with van der Waals surface area (Å²) in [5, 5.41) is 0. The molecule has 90 valence electrons. The molecule has 0 aliphatic rings. The summed E-state index contributed by atoms with van der Waals surface area (Å²) < 4.78 is 16.7. The molecule has 1 aromatic carbocycles. The molecule has 0 unspecified atom stereocenters. The van der Waals surface area contributed by atoms with E-state index < -0.39 is 0 Å². The Morgan fingerprint density at radius 2 is 2.00 bits per heavy atom. The molecular formula is C12H12BrFN2O. The van der Waals surface area contributed by atoms with Gasteiger partial charge in [0.1, 0.15) is 5.82 Å². The zero-order chi connectivity index (χ0) is 12.4. The Balaban J connectivity index is 2.28. The van der Waals surface area contributed by atoms with Crippen molar-refractivity contribution in [3.8, 4) is 0 Å². The van der Waals surface area contributed by atoms with Crippen molar-refractivity contribution in [1.29, 1.82) is 0 Å². The molecule has 2 aromatic rings. The number of hydrogen-bond donors (Lipinski definition) is 0. The van der Waals surface area contributed by atoms with Gasteiger partial charge in [0.25, 0.3) is 0 Å². The molecule has 0 radical (unpaired) electrons. The van der Waals surface area contributed by atoms with Crippen molar-refractivity contribution >= 4 is 15.9 Å². The Labute approximate surface area is 107 Å². The summed E-state index contributed by atoms with van der Waals surface area (Å²) in [7, 11) is 0. The molecule has 0 bridgehead atoms. The van der Waals surface area contributed by atoms with Crippen LogP contribution in [0.3, 0.4) is 0 Å². The lowest BCUT2D eigenvalue weighted by atomic mass is 10.2. The van der Waals surface area contributed by atoms with Gasteiger partial charge in [-0.05, 0) is 40.5 Å². The molecule has 0 aliphatic carbocycles. The normalized spacial score (nSPS) is 10.8. The smallest absolute Gasteiger partial charge is 0.300 e. The lowest BCUT2D eigenvalue weighted by molar-refractivity contribution is 0.618. The van der Waals surface area contributed by atoms with E-state index in [4.69, 9.17) is 0 Å². The van der Waals surface area contributed by atoms with Gasteiger partial charge in [0, 0.05) is 18.9 Å². The Morgan fingerprint density at radius 1 is 1.29 bits per heavy atom. The average Bonchev–Trinajstić information content (AvgIpc) is 2.65. The molecule has 0 aliphatic heterocycles. The van der Waals surface area contributed by atoms with Crippen LogP contribution in [0.4, 0.5) is 4.39 Å². The van der Waals surface area contributed by atoms with E-state index in [9.17, 15) is 9.18 Å². The number of benzene rings is 1. The second-order valence-corrected chi connectivity index (χ2v) is 4.60. The number of rotatable bonds is 3. The molecule has 0 spiro atoms. The number of aromatic nitrogens is 2. The van der Waals surface area contributed by atoms with Crippen molar-refractivity contribution in [3.05, 3.63) is 56.9 Å². The van der Waals surface area contributed by atoms with E-state index in [1.807, 2.05) is 6.92 Å². The third kappa shape index (κ3) is 2.49. The molecule has 0 atom stereocenters. The number of aryl methyl sites for hydroxylation is 1. The molecule has 0 saturated heterocycles. The predicted molar refractivity (Wildman–Crippen MR) is 67.6 cm³/mol. The van der Waals surface area contributed by atoms with Crippen molar-refractivity contribution in [1.82, 2.24) is 9.13 Å². The minimum atomic E-state index is -0.299. The van der Waals surface area contributed by atoms with Gasteiger partial charge in [-0.25, -0.2) is 9.18 Å². The molecular weight excluding hydrogens is 287 g/mol. The van der Waals surface area contributed by atoms with Gasteiger partial charge in [0.2, 0.25) is 0 Å². The quantitative estimate of drug-likeness (QED) is 0.856. The molecule has 17 heavy (non-hydrogen) atoms. The fourth-order valence-electron chi connectivity index (χ4n) is 1.65. The van der Waals surface area contributed by atoms with Gasteiger partial charge in [-0.2, -0.15) is 0 Å². The highest BCUT2D eigenvalue weighted by atomic mass is 79.9. The van der Waals surface area contributed by atoms with E-state index >= 15 is 0 Å². The predicted octanol–water partition coefficient (Wildman–Crippen LogP) is 2.62. The Bertz CT molecular complexity index is 588. The highest BCUT2D eigenvalue weighted by molar-refractivity contribution is 9.10. The first kappa shape index (κ1) is 12.1. The van der Waals surface area contributed by atoms with Gasteiger partial charge in [-0.3, -0.25) is 9.13 Å². The van der Waals surface area contributed by atoms with Crippen LogP contribution in [0, 0.1) is 5.82 Å². The van der Waals surface area contributed by atoms with Crippen LogP contribution in [-0.4, -0.2) is 9.13 Å². The van der Waals surface area contributed by atoms with E-state index in [-0.39, 0.29) is 11.5 Å². The molecule has 0 N–H and O–H groups in total. The molecule has 0 amide bonds. The van der Waals surface area contributed by atoms with Gasteiger partial charge in [-0.15, -0.1) is 0 Å². The van der Waals surface area contributed by atoms with Crippen LogP contribution < -0.4 is 5.69 Å². The first-order valence-corrected chi connectivity index (χ1v) is 6.10. The van der Waals surface area contributed by atoms with E-state index in [0.717, 1.165) is 5.56 Å². The zero-order valence-electron chi connectivity index (χ0n) is 9.36. The molecule has 5 heteroatoms. The maximum Gasteiger partial charge on any atom is 0.328 e. The summed E-state index contributed by atoms with van der Waals surface area (Å²) in [5.74, 6) is -0.299. The number of imidazole rings is 1. The zero-order valence-corrected chi connectivity index (χ0v) is 10.9. The number of nitrogens with zero attached hydrogens (tertiary/aromatic N) is 2. The first-order valence-electron chi connectivity index (χ1n) is 5.31. The fraction of sp³-hybridized carbons (Fsp3) is 0.250. The topological polar surface area (TPSA) is 26.9 Å². The summed E-state index contributed by atoms with van der Waals surface area (Å²) in [5.41, 5.74) is 0.835. The Hall–Kier alpha value is -1.36. The van der Waals surface area contributed by atoms with Crippen molar-refractivity contribution in [3.63, 3.8) is 0 Å². The van der Waals surface area contributed by atoms with Gasteiger partial charge in [0.15, 0.2) is 0 Å². The number of halogens is 2. The van der Waals surface area contributed by atoms with Crippen LogP contribution in [0.25, 0.3) is 0 Å². The molecule has 0 fully saturated rings. The summed E-state index contributed by atoms with van der Waals surface area (Å²) in [6, 6.07) is 4.75. The lowest BCUT2D eigenvalue weighted by Crippen LogP contribution is -2.23. The Kier molecular flexibility index (Phi) is 3.47. The summed E-state index contributed by atoms with van der Waals surface area (Å²) in [6.45, 7) is 3.02. The molecule has 1 aromatic heterocycles. The molecule has 1 heterocycles. The van der Waals surface area contributed by atoms with Crippen LogP contribution in [0.2, 0.25) is 0 Å². The second-order valence-electron chi connectivity index (χ2n) is 3.74. The maximum absolute atomic E-state index is 13.1. The van der Waals surface area contributed by atoms with Crippen LogP contribution in [-0.2, 0) is 13.1 Å². The fourth-order valence-corrected chi connectivity index (χ4v) is 2.08. The summed E-state index contributed by atoms with van der Waals surface area (Å²) in [4.78, 5) is 11.8. The summed E-state index contributed by atoms with van der Waals surface area (Å²) in [6.07, 6.45) is 3.49. The summed E-state index contributed by atoms with van der Waals surface area (Å²) >= 11 is 3.13. The van der Waals surface area contributed by atoms with Gasteiger partial charge in [0.05, 0.1) is 11.0 Å². The lowest BCUT2D eigenvalue weighted by Gasteiger charge is -2.03. The van der Waals surface area contributed by atoms with E-state index in [0.29, 0.717) is 17.6 Å². The van der Waals surface area contributed by atoms with Crippen molar-refractivity contribution in [2.75, 3.05) is 0 Å². The van der Waals surface area contributed by atoms with Crippen LogP contribution >= 0.6 is 15.9 Å². The van der Waals surface area contributed by atoms with Crippen LogP contribution in [0.1, 0.15) is 12.5 Å². The van der Waals surface area contributed by atoms with E-state index in [1.54, 1.807) is 33.7 Å². The largest absolute Gasteiger partial charge is 0.328 e. The van der Waals surface area contributed by atoms with Crippen LogP contribution in [0.15, 0.2) is 39.9 Å². The molecule has 3 nitrogen and oxygen atoms in total. The maximum atomic E-state index is 13.1. The Morgan fingerprint density at radius 3 is 2.59 bits per heavy atom. The van der Waals surface area contributed by atoms with E-state index in [1.165, 1.54) is 6.07 Å². The van der Waals surface area contributed by atoms with Crippen molar-refractivity contribution < 1.29 is 4.39 Å². The monoisotopic (exact) mass is 298 g/mol. The highest BCUT2D eigenvalue weighted by Crippen LogP contribution is 2.17. The number of hydrogen-bond acceptors (Lipinski definition) is 1. The third-order valence-electron chi connectivity index (χ3n) is 2.60. The average molecular weight is 299 g/mol. The van der Waals surface area contributed by atoms with E-state index in [2.05, 4.69) is 15.9 Å². The van der Waals surface area contributed by atoms with Crippen molar-refractivity contribution in [2.45, 2.75) is 20.0 Å². The van der Waals surface area contributed by atoms with Gasteiger partial charge < -0.3 is 0 Å². The first-order chi connectivity index (χ1) is 8.11. The second kappa shape index (κ2) is 4.87. The van der Waals surface area contributed by atoms with Gasteiger partial charge in [-0.1, -0.05) is 6.07 Å². The van der Waals surface area contributed by atoms with Crippen LogP contribution in [0.5, 0.6) is 0 Å². The minimum Gasteiger partial charge on any atom is -0.300 e. The van der Waals surface area contributed by atoms with Gasteiger partial charge >= 0.3 is 5.69 Å².